The van der Waals surface area contributed by atoms with Crippen molar-refractivity contribution in [2.24, 2.45) is 0 Å². The van der Waals surface area contributed by atoms with Crippen LogP contribution in [0, 0.1) is 13.8 Å². The Balaban J connectivity index is 1.91. The molecule has 2 aromatic carbocycles. The number of benzene rings is 2. The largest absolute Gasteiger partial charge is 0.497 e. The smallest absolute Gasteiger partial charge is 0.344 e. The maximum atomic E-state index is 12.3. The third-order valence-electron chi connectivity index (χ3n) is 3.76. The molecule has 0 spiro atoms. The van der Waals surface area contributed by atoms with Gasteiger partial charge in [-0.15, -0.1) is 0 Å². The first kappa shape index (κ1) is 19.3. The number of ketones is 1. The topological polar surface area (TPSA) is 71.1 Å². The van der Waals surface area contributed by atoms with Crippen LogP contribution in [0.1, 0.15) is 21.5 Å². The number of carbonyl (C=O) groups is 2. The van der Waals surface area contributed by atoms with E-state index in [4.69, 9.17) is 18.9 Å². The first-order chi connectivity index (χ1) is 12.4. The van der Waals surface area contributed by atoms with E-state index in [0.29, 0.717) is 22.8 Å². The van der Waals surface area contributed by atoms with Crippen LogP contribution in [0.15, 0.2) is 36.4 Å². The number of hydrogen-bond donors (Lipinski definition) is 0. The van der Waals surface area contributed by atoms with E-state index < -0.39 is 12.6 Å². The van der Waals surface area contributed by atoms with Crippen molar-refractivity contribution in [3.8, 4) is 17.2 Å². The van der Waals surface area contributed by atoms with E-state index in [1.807, 2.05) is 32.0 Å². The normalized spacial score (nSPS) is 10.2. The molecule has 26 heavy (non-hydrogen) atoms. The first-order valence-electron chi connectivity index (χ1n) is 8.05. The maximum absolute atomic E-state index is 12.3. The summed E-state index contributed by atoms with van der Waals surface area (Å²) in [5.41, 5.74) is 2.26. The van der Waals surface area contributed by atoms with Crippen LogP contribution in [0.5, 0.6) is 17.2 Å². The molecule has 2 aromatic rings. The van der Waals surface area contributed by atoms with Gasteiger partial charge in [0.1, 0.15) is 17.2 Å². The van der Waals surface area contributed by atoms with Crippen molar-refractivity contribution < 1.29 is 28.5 Å². The van der Waals surface area contributed by atoms with Gasteiger partial charge in [0.15, 0.2) is 13.2 Å². The monoisotopic (exact) mass is 358 g/mol. The number of rotatable bonds is 8. The van der Waals surface area contributed by atoms with Crippen molar-refractivity contribution in [3.63, 3.8) is 0 Å². The fourth-order valence-corrected chi connectivity index (χ4v) is 2.29. The summed E-state index contributed by atoms with van der Waals surface area (Å²) in [6.45, 7) is 3.17. The summed E-state index contributed by atoms with van der Waals surface area (Å²) < 4.78 is 20.7. The highest BCUT2D eigenvalue weighted by Gasteiger charge is 2.16. The quantitative estimate of drug-likeness (QED) is 0.533. The second kappa shape index (κ2) is 8.89. The minimum absolute atomic E-state index is 0.267. The van der Waals surface area contributed by atoms with Crippen LogP contribution >= 0.6 is 0 Å². The molecule has 0 bridgehead atoms. The van der Waals surface area contributed by atoms with Crippen molar-refractivity contribution in [1.82, 2.24) is 0 Å². The molecule has 0 aliphatic rings. The Kier molecular flexibility index (Phi) is 6.60. The van der Waals surface area contributed by atoms with Crippen molar-refractivity contribution >= 4 is 11.8 Å². The highest BCUT2D eigenvalue weighted by Crippen LogP contribution is 2.25. The second-order valence-corrected chi connectivity index (χ2v) is 5.71. The van der Waals surface area contributed by atoms with E-state index in [2.05, 4.69) is 0 Å². The molecule has 0 heterocycles. The Morgan fingerprint density at radius 2 is 1.65 bits per heavy atom. The fourth-order valence-electron chi connectivity index (χ4n) is 2.29. The van der Waals surface area contributed by atoms with Gasteiger partial charge in [-0.2, -0.15) is 0 Å². The molecule has 0 fully saturated rings. The Morgan fingerprint density at radius 3 is 2.35 bits per heavy atom. The third-order valence-corrected chi connectivity index (χ3v) is 3.76. The average Bonchev–Trinajstić information content (AvgIpc) is 2.66. The van der Waals surface area contributed by atoms with Gasteiger partial charge in [-0.1, -0.05) is 12.1 Å². The number of aryl methyl sites for hydroxylation is 2. The highest BCUT2D eigenvalue weighted by molar-refractivity contribution is 6.00. The molecule has 0 radical (unpaired) electrons. The third kappa shape index (κ3) is 4.99. The van der Waals surface area contributed by atoms with Crippen molar-refractivity contribution in [3.05, 3.63) is 53.1 Å². The molecule has 0 aliphatic heterocycles. The van der Waals surface area contributed by atoms with Gasteiger partial charge in [0.2, 0.25) is 5.78 Å². The standard InChI is InChI=1S/C20H22O6/c1-13-5-6-14(2)18(9-13)25-12-20(22)26-11-17(21)16-8-7-15(23-3)10-19(16)24-4/h5-10H,11-12H2,1-4H3. The van der Waals surface area contributed by atoms with Crippen molar-refractivity contribution in [2.75, 3.05) is 27.4 Å². The minimum Gasteiger partial charge on any atom is -0.497 e. The number of Topliss-reactive ketones (excluding diaryl/α,β-unsaturated/α-hetero) is 1. The van der Waals surface area contributed by atoms with Crippen LogP contribution in [-0.4, -0.2) is 39.2 Å². The average molecular weight is 358 g/mol. The van der Waals surface area contributed by atoms with Gasteiger partial charge < -0.3 is 18.9 Å². The molecule has 0 unspecified atom stereocenters. The fraction of sp³-hybridized carbons (Fsp3) is 0.300. The van der Waals surface area contributed by atoms with E-state index in [0.717, 1.165) is 11.1 Å². The summed E-state index contributed by atoms with van der Waals surface area (Å²) in [5.74, 6) is 0.552. The van der Waals surface area contributed by atoms with Crippen LogP contribution < -0.4 is 14.2 Å². The number of hydrogen-bond acceptors (Lipinski definition) is 6. The summed E-state index contributed by atoms with van der Waals surface area (Å²) in [6, 6.07) is 10.5. The number of esters is 1. The van der Waals surface area contributed by atoms with Gasteiger partial charge in [-0.3, -0.25) is 4.79 Å². The van der Waals surface area contributed by atoms with Gasteiger partial charge in [0.05, 0.1) is 19.8 Å². The maximum Gasteiger partial charge on any atom is 0.344 e. The molecule has 6 nitrogen and oxygen atoms in total. The van der Waals surface area contributed by atoms with Crippen LogP contribution in [-0.2, 0) is 9.53 Å². The lowest BCUT2D eigenvalue weighted by molar-refractivity contribution is -0.144. The number of methoxy groups -OCH3 is 2. The molecule has 6 heteroatoms. The lowest BCUT2D eigenvalue weighted by Gasteiger charge is -2.11. The molecule has 138 valence electrons. The molecular weight excluding hydrogens is 336 g/mol. The van der Waals surface area contributed by atoms with E-state index in [1.165, 1.54) is 14.2 Å². The van der Waals surface area contributed by atoms with Gasteiger partial charge >= 0.3 is 5.97 Å². The van der Waals surface area contributed by atoms with Gasteiger partial charge in [0.25, 0.3) is 0 Å². The molecule has 0 aliphatic carbocycles. The lowest BCUT2D eigenvalue weighted by Crippen LogP contribution is -2.20. The van der Waals surface area contributed by atoms with Crippen LogP contribution in [0.25, 0.3) is 0 Å². The Morgan fingerprint density at radius 1 is 0.885 bits per heavy atom. The predicted molar refractivity (Wildman–Crippen MR) is 96.2 cm³/mol. The van der Waals surface area contributed by atoms with Crippen LogP contribution in [0.4, 0.5) is 0 Å². The molecule has 0 atom stereocenters. The van der Waals surface area contributed by atoms with Crippen LogP contribution in [0.2, 0.25) is 0 Å². The SMILES string of the molecule is COc1ccc(C(=O)COC(=O)COc2cc(C)ccc2C)c(OC)c1. The summed E-state index contributed by atoms with van der Waals surface area (Å²) in [5, 5.41) is 0. The second-order valence-electron chi connectivity index (χ2n) is 5.71. The van der Waals surface area contributed by atoms with Crippen molar-refractivity contribution in [1.29, 1.82) is 0 Å². The summed E-state index contributed by atoms with van der Waals surface area (Å²) in [4.78, 5) is 24.1. The first-order valence-corrected chi connectivity index (χ1v) is 8.05. The van der Waals surface area contributed by atoms with Crippen LogP contribution in [0.3, 0.4) is 0 Å². The zero-order chi connectivity index (χ0) is 19.1. The van der Waals surface area contributed by atoms with E-state index in [1.54, 1.807) is 18.2 Å². The van der Waals surface area contributed by atoms with Gasteiger partial charge in [-0.25, -0.2) is 4.79 Å². The van der Waals surface area contributed by atoms with E-state index in [-0.39, 0.29) is 12.4 Å². The minimum atomic E-state index is -0.619. The summed E-state index contributed by atoms with van der Waals surface area (Å²) in [7, 11) is 2.98. The molecule has 0 aromatic heterocycles. The summed E-state index contributed by atoms with van der Waals surface area (Å²) in [6.07, 6.45) is 0. The van der Waals surface area contributed by atoms with Gasteiger partial charge in [0, 0.05) is 6.07 Å². The Hall–Kier alpha value is -3.02. The number of carbonyl (C=O) groups excluding carboxylic acids is 2. The predicted octanol–water partition coefficient (Wildman–Crippen LogP) is 3.13. The van der Waals surface area contributed by atoms with Crippen molar-refractivity contribution in [2.45, 2.75) is 13.8 Å². The van der Waals surface area contributed by atoms with E-state index >= 15 is 0 Å². The number of ether oxygens (including phenoxy) is 4. The zero-order valence-corrected chi connectivity index (χ0v) is 15.3. The Labute approximate surface area is 152 Å². The summed E-state index contributed by atoms with van der Waals surface area (Å²) >= 11 is 0. The Bertz CT molecular complexity index is 797. The van der Waals surface area contributed by atoms with E-state index in [9.17, 15) is 9.59 Å². The molecule has 0 saturated carbocycles. The van der Waals surface area contributed by atoms with Gasteiger partial charge in [-0.05, 0) is 43.2 Å². The zero-order valence-electron chi connectivity index (χ0n) is 15.3. The molecular formula is C20H22O6. The molecule has 0 saturated heterocycles. The molecule has 0 N–H and O–H groups in total. The molecule has 0 amide bonds. The molecule has 2 rings (SSSR count). The lowest BCUT2D eigenvalue weighted by atomic mass is 10.1. The highest BCUT2D eigenvalue weighted by atomic mass is 16.6.